The Balaban J connectivity index is 2.18. The number of hydrogen-bond donors (Lipinski definition) is 1. The third-order valence-electron chi connectivity index (χ3n) is 2.68. The molecule has 5 heteroatoms. The molecule has 2 rings (SSSR count). The smallest absolute Gasteiger partial charge is 0.362 e. The molecule has 1 aromatic carbocycles. The van der Waals surface area contributed by atoms with Gasteiger partial charge in [-0.05, 0) is 50.6 Å². The van der Waals surface area contributed by atoms with E-state index in [4.69, 9.17) is 4.74 Å². The normalized spacial score (nSPS) is 10.5. The van der Waals surface area contributed by atoms with Crippen LogP contribution in [-0.4, -0.2) is 17.0 Å². The van der Waals surface area contributed by atoms with Gasteiger partial charge in [0.2, 0.25) is 0 Å². The van der Waals surface area contributed by atoms with Gasteiger partial charge in [-0.15, -0.1) is 0 Å². The third-order valence-corrected chi connectivity index (χ3v) is 2.68. The Kier molecular flexibility index (Phi) is 4.52. The highest BCUT2D eigenvalue weighted by Crippen LogP contribution is 2.19. The zero-order valence-electron chi connectivity index (χ0n) is 12.2. The molecule has 21 heavy (non-hydrogen) atoms. The van der Waals surface area contributed by atoms with Crippen LogP contribution < -0.4 is 10.1 Å². The maximum atomic E-state index is 13.6. The molecule has 110 valence electrons. The summed E-state index contributed by atoms with van der Waals surface area (Å²) in [7, 11) is 0. The quantitative estimate of drug-likeness (QED) is 0.690. The van der Waals surface area contributed by atoms with Crippen LogP contribution in [0.5, 0.6) is 5.75 Å². The van der Waals surface area contributed by atoms with Gasteiger partial charge in [0.15, 0.2) is 17.3 Å². The first kappa shape index (κ1) is 15.0. The number of nitrogens with one attached hydrogen (secondary N) is 1. The van der Waals surface area contributed by atoms with Gasteiger partial charge < -0.3 is 10.1 Å². The first-order chi connectivity index (χ1) is 9.95. The maximum Gasteiger partial charge on any atom is 0.362 e. The number of ether oxygens (including phenoxy) is 1. The van der Waals surface area contributed by atoms with E-state index in [2.05, 4.69) is 10.3 Å². The number of aromatic nitrogens is 1. The van der Waals surface area contributed by atoms with E-state index in [-0.39, 0.29) is 17.5 Å². The fraction of sp³-hybridized carbons (Fsp3) is 0.250. The molecule has 1 heterocycles. The fourth-order valence-corrected chi connectivity index (χ4v) is 1.77. The fourth-order valence-electron chi connectivity index (χ4n) is 1.77. The van der Waals surface area contributed by atoms with Gasteiger partial charge in [-0.3, -0.25) is 0 Å². The molecule has 0 unspecified atom stereocenters. The van der Waals surface area contributed by atoms with E-state index in [9.17, 15) is 9.18 Å². The number of halogens is 1. The highest BCUT2D eigenvalue weighted by molar-refractivity contribution is 5.89. The zero-order valence-corrected chi connectivity index (χ0v) is 12.2. The monoisotopic (exact) mass is 288 g/mol. The molecule has 0 fully saturated rings. The maximum absolute atomic E-state index is 13.6. The number of carbonyl (C=O) groups is 1. The summed E-state index contributed by atoms with van der Waals surface area (Å²) in [5.41, 5.74) is 0.934. The van der Waals surface area contributed by atoms with E-state index >= 15 is 0 Å². The van der Waals surface area contributed by atoms with Crippen LogP contribution in [-0.2, 0) is 0 Å². The van der Waals surface area contributed by atoms with Crippen LogP contribution in [0.15, 0.2) is 36.4 Å². The Labute approximate surface area is 123 Å². The standard InChI is InChI=1S/C16H17FN2O2/c1-10(2)18-15-6-4-5-13(19-15)16(20)21-14-9-11(3)7-8-12(14)17/h4-10H,1-3H3,(H,18,19). The minimum atomic E-state index is -0.688. The van der Waals surface area contributed by atoms with Gasteiger partial charge in [-0.25, -0.2) is 14.2 Å². The number of anilines is 1. The van der Waals surface area contributed by atoms with Crippen molar-refractivity contribution < 1.29 is 13.9 Å². The molecule has 0 saturated carbocycles. The van der Waals surface area contributed by atoms with Crippen LogP contribution in [0.1, 0.15) is 29.9 Å². The van der Waals surface area contributed by atoms with Crippen LogP contribution in [0.4, 0.5) is 10.2 Å². The van der Waals surface area contributed by atoms with E-state index < -0.39 is 11.8 Å². The van der Waals surface area contributed by atoms with Gasteiger partial charge in [0.25, 0.3) is 0 Å². The summed E-state index contributed by atoms with van der Waals surface area (Å²) in [6.45, 7) is 5.73. The Morgan fingerprint density at radius 1 is 1.29 bits per heavy atom. The lowest BCUT2D eigenvalue weighted by atomic mass is 10.2. The zero-order chi connectivity index (χ0) is 15.4. The molecule has 0 spiro atoms. The summed E-state index contributed by atoms with van der Waals surface area (Å²) in [4.78, 5) is 16.2. The van der Waals surface area contributed by atoms with Crippen LogP contribution in [0, 0.1) is 12.7 Å². The van der Waals surface area contributed by atoms with Gasteiger partial charge in [0.1, 0.15) is 5.82 Å². The van der Waals surface area contributed by atoms with Gasteiger partial charge in [-0.1, -0.05) is 12.1 Å². The van der Waals surface area contributed by atoms with Crippen molar-refractivity contribution in [3.05, 3.63) is 53.5 Å². The summed E-state index contributed by atoms with van der Waals surface area (Å²) in [6, 6.07) is 9.52. The van der Waals surface area contributed by atoms with Gasteiger partial charge >= 0.3 is 5.97 Å². The second-order valence-corrected chi connectivity index (χ2v) is 5.03. The average Bonchev–Trinajstić information content (AvgIpc) is 2.42. The molecule has 4 nitrogen and oxygen atoms in total. The van der Waals surface area contributed by atoms with Crippen LogP contribution >= 0.6 is 0 Å². The predicted molar refractivity (Wildman–Crippen MR) is 79.1 cm³/mol. The largest absolute Gasteiger partial charge is 0.419 e. The molecular formula is C16H17FN2O2. The number of hydrogen-bond acceptors (Lipinski definition) is 4. The molecule has 0 atom stereocenters. The number of benzene rings is 1. The molecule has 0 saturated heterocycles. The van der Waals surface area contributed by atoms with Crippen molar-refractivity contribution in [2.45, 2.75) is 26.8 Å². The van der Waals surface area contributed by atoms with Crippen molar-refractivity contribution in [2.75, 3.05) is 5.32 Å². The van der Waals surface area contributed by atoms with E-state index in [1.165, 1.54) is 18.2 Å². The summed E-state index contributed by atoms with van der Waals surface area (Å²) in [5.74, 6) is -0.787. The number of esters is 1. The summed E-state index contributed by atoms with van der Waals surface area (Å²) < 4.78 is 18.7. The Morgan fingerprint density at radius 3 is 2.76 bits per heavy atom. The second kappa shape index (κ2) is 6.35. The highest BCUT2D eigenvalue weighted by atomic mass is 19.1. The topological polar surface area (TPSA) is 51.2 Å². The van der Waals surface area contributed by atoms with Crippen molar-refractivity contribution in [1.82, 2.24) is 4.98 Å². The first-order valence-corrected chi connectivity index (χ1v) is 6.67. The molecule has 0 aliphatic carbocycles. The molecule has 1 aromatic heterocycles. The van der Waals surface area contributed by atoms with Gasteiger partial charge in [-0.2, -0.15) is 0 Å². The van der Waals surface area contributed by atoms with Gasteiger partial charge in [0, 0.05) is 6.04 Å². The van der Waals surface area contributed by atoms with Crippen molar-refractivity contribution in [3.63, 3.8) is 0 Å². The number of carbonyl (C=O) groups excluding carboxylic acids is 1. The van der Waals surface area contributed by atoms with E-state index in [0.717, 1.165) is 5.56 Å². The molecule has 0 aliphatic heterocycles. The molecule has 0 aliphatic rings. The minimum absolute atomic E-state index is 0.0935. The van der Waals surface area contributed by atoms with Crippen LogP contribution in [0.25, 0.3) is 0 Å². The lowest BCUT2D eigenvalue weighted by Gasteiger charge is -2.10. The molecular weight excluding hydrogens is 271 g/mol. The van der Waals surface area contributed by atoms with Crippen molar-refractivity contribution in [1.29, 1.82) is 0 Å². The average molecular weight is 288 g/mol. The first-order valence-electron chi connectivity index (χ1n) is 6.67. The summed E-state index contributed by atoms with van der Waals surface area (Å²) in [5, 5.41) is 3.09. The van der Waals surface area contributed by atoms with E-state index in [1.807, 2.05) is 13.8 Å². The van der Waals surface area contributed by atoms with Gasteiger partial charge in [0.05, 0.1) is 0 Å². The van der Waals surface area contributed by atoms with Crippen molar-refractivity contribution >= 4 is 11.8 Å². The predicted octanol–water partition coefficient (Wildman–Crippen LogP) is 3.57. The van der Waals surface area contributed by atoms with Crippen molar-refractivity contribution in [3.8, 4) is 5.75 Å². The molecule has 2 aromatic rings. The van der Waals surface area contributed by atoms with Crippen molar-refractivity contribution in [2.24, 2.45) is 0 Å². The molecule has 0 radical (unpaired) electrons. The second-order valence-electron chi connectivity index (χ2n) is 5.03. The highest BCUT2D eigenvalue weighted by Gasteiger charge is 2.14. The lowest BCUT2D eigenvalue weighted by molar-refractivity contribution is 0.0722. The van der Waals surface area contributed by atoms with E-state index in [1.54, 1.807) is 25.1 Å². The summed E-state index contributed by atoms with van der Waals surface area (Å²) in [6.07, 6.45) is 0. The third kappa shape index (κ3) is 4.02. The molecule has 0 bridgehead atoms. The Hall–Kier alpha value is -2.43. The molecule has 1 N–H and O–H groups in total. The Morgan fingerprint density at radius 2 is 2.05 bits per heavy atom. The number of aryl methyl sites for hydroxylation is 1. The molecule has 0 amide bonds. The van der Waals surface area contributed by atoms with Crippen LogP contribution in [0.3, 0.4) is 0 Å². The number of rotatable bonds is 4. The lowest BCUT2D eigenvalue weighted by Crippen LogP contribution is -2.15. The summed E-state index contributed by atoms with van der Waals surface area (Å²) >= 11 is 0. The minimum Gasteiger partial charge on any atom is -0.419 e. The Bertz CT molecular complexity index is 656. The number of pyridine rings is 1. The van der Waals surface area contributed by atoms with Crippen LogP contribution in [0.2, 0.25) is 0 Å². The number of nitrogens with zero attached hydrogens (tertiary/aromatic N) is 1. The van der Waals surface area contributed by atoms with E-state index in [0.29, 0.717) is 5.82 Å². The SMILES string of the molecule is Cc1ccc(F)c(OC(=O)c2cccc(NC(C)C)n2)c1.